The van der Waals surface area contributed by atoms with Crippen molar-refractivity contribution < 1.29 is 14.1 Å². The molecule has 3 heterocycles. The van der Waals surface area contributed by atoms with Crippen LogP contribution in [0.2, 0.25) is 0 Å². The topological polar surface area (TPSA) is 81.4 Å². The van der Waals surface area contributed by atoms with Crippen LogP contribution in [0.15, 0.2) is 40.9 Å². The maximum absolute atomic E-state index is 12.9. The molecule has 1 aliphatic heterocycles. The highest BCUT2D eigenvalue weighted by Crippen LogP contribution is 2.27. The SMILES string of the molecule is O=C(c1ccc2ccccc2n1)N1CCC(c2nc(CCOCC3CCCC3)no2)C1. The summed E-state index contributed by atoms with van der Waals surface area (Å²) in [6.07, 6.45) is 6.72. The minimum Gasteiger partial charge on any atom is -0.381 e. The molecule has 162 valence electrons. The Morgan fingerprint density at radius 2 is 1.97 bits per heavy atom. The van der Waals surface area contributed by atoms with Gasteiger partial charge in [0.1, 0.15) is 5.69 Å². The molecule has 31 heavy (non-hydrogen) atoms. The molecule has 1 amide bonds. The van der Waals surface area contributed by atoms with Crippen molar-refractivity contribution in [3.63, 3.8) is 0 Å². The number of fused-ring (bicyclic) bond motifs is 1. The highest BCUT2D eigenvalue weighted by molar-refractivity contribution is 5.95. The average Bonchev–Trinajstić information content (AvgIpc) is 3.57. The van der Waals surface area contributed by atoms with Gasteiger partial charge in [-0.25, -0.2) is 4.98 Å². The molecule has 5 rings (SSSR count). The van der Waals surface area contributed by atoms with Crippen molar-refractivity contribution in [3.05, 3.63) is 53.8 Å². The fourth-order valence-corrected chi connectivity index (χ4v) is 4.62. The van der Waals surface area contributed by atoms with Gasteiger partial charge in [-0.1, -0.05) is 42.3 Å². The summed E-state index contributed by atoms with van der Waals surface area (Å²) >= 11 is 0. The van der Waals surface area contributed by atoms with Gasteiger partial charge in [-0.15, -0.1) is 0 Å². The van der Waals surface area contributed by atoms with Crippen LogP contribution < -0.4 is 0 Å². The van der Waals surface area contributed by atoms with Crippen molar-refractivity contribution in [3.8, 4) is 0 Å². The first kappa shape index (κ1) is 20.1. The Balaban J connectivity index is 1.14. The lowest BCUT2D eigenvalue weighted by molar-refractivity contribution is 0.0784. The number of benzene rings is 1. The molecular formula is C24H28N4O3. The van der Waals surface area contributed by atoms with Crippen LogP contribution in [0.1, 0.15) is 60.2 Å². The Morgan fingerprint density at radius 3 is 2.87 bits per heavy atom. The zero-order chi connectivity index (χ0) is 21.0. The third-order valence-corrected chi connectivity index (χ3v) is 6.42. The second kappa shape index (κ2) is 9.14. The maximum atomic E-state index is 12.9. The van der Waals surface area contributed by atoms with Crippen molar-refractivity contribution >= 4 is 16.8 Å². The minimum atomic E-state index is -0.0479. The largest absolute Gasteiger partial charge is 0.381 e. The monoisotopic (exact) mass is 420 g/mol. The molecule has 1 unspecified atom stereocenters. The van der Waals surface area contributed by atoms with Gasteiger partial charge >= 0.3 is 0 Å². The molecule has 7 nitrogen and oxygen atoms in total. The van der Waals surface area contributed by atoms with Crippen LogP contribution in [-0.2, 0) is 11.2 Å². The van der Waals surface area contributed by atoms with Crippen molar-refractivity contribution in [1.29, 1.82) is 0 Å². The second-order valence-corrected chi connectivity index (χ2v) is 8.65. The Labute approximate surface area is 181 Å². The van der Waals surface area contributed by atoms with Gasteiger partial charge < -0.3 is 14.2 Å². The van der Waals surface area contributed by atoms with Gasteiger partial charge in [0.05, 0.1) is 18.0 Å². The van der Waals surface area contributed by atoms with Gasteiger partial charge in [-0.05, 0) is 37.3 Å². The lowest BCUT2D eigenvalue weighted by Gasteiger charge is -2.15. The number of carbonyl (C=O) groups is 1. The van der Waals surface area contributed by atoms with Crippen LogP contribution >= 0.6 is 0 Å². The normalized spacial score (nSPS) is 19.5. The van der Waals surface area contributed by atoms with Gasteiger partial charge in [0.15, 0.2) is 5.82 Å². The third kappa shape index (κ3) is 4.61. The number of carbonyl (C=O) groups excluding carboxylic acids is 1. The second-order valence-electron chi connectivity index (χ2n) is 8.65. The molecule has 0 spiro atoms. The van der Waals surface area contributed by atoms with E-state index in [1.807, 2.05) is 35.2 Å². The zero-order valence-corrected chi connectivity index (χ0v) is 17.7. The number of aromatic nitrogens is 3. The summed E-state index contributed by atoms with van der Waals surface area (Å²) in [5.74, 6) is 2.05. The van der Waals surface area contributed by atoms with E-state index in [4.69, 9.17) is 9.26 Å². The van der Waals surface area contributed by atoms with Gasteiger partial charge in [0, 0.05) is 31.5 Å². The summed E-state index contributed by atoms with van der Waals surface area (Å²) in [7, 11) is 0. The minimum absolute atomic E-state index is 0.0479. The number of pyridine rings is 1. The van der Waals surface area contributed by atoms with E-state index in [9.17, 15) is 4.79 Å². The summed E-state index contributed by atoms with van der Waals surface area (Å²) < 4.78 is 11.3. The molecule has 1 saturated carbocycles. The molecule has 2 aromatic heterocycles. The molecule has 7 heteroatoms. The number of para-hydroxylation sites is 1. The van der Waals surface area contributed by atoms with Crippen molar-refractivity contribution in [2.45, 2.75) is 44.4 Å². The quantitative estimate of drug-likeness (QED) is 0.538. The lowest BCUT2D eigenvalue weighted by atomic mass is 10.1. The first-order valence-electron chi connectivity index (χ1n) is 11.3. The standard InChI is InChI=1S/C24H28N4O3/c29-24(21-10-9-18-7-3-4-8-20(18)25-21)28-13-11-19(15-28)23-26-22(27-31-23)12-14-30-16-17-5-1-2-6-17/h3-4,7-10,17,19H,1-2,5-6,11-16H2. The smallest absolute Gasteiger partial charge is 0.272 e. The summed E-state index contributed by atoms with van der Waals surface area (Å²) in [6, 6.07) is 11.6. The van der Waals surface area contributed by atoms with E-state index in [2.05, 4.69) is 15.1 Å². The fraction of sp³-hybridized carbons (Fsp3) is 0.500. The van der Waals surface area contributed by atoms with E-state index in [-0.39, 0.29) is 11.8 Å². The molecule has 0 N–H and O–H groups in total. The summed E-state index contributed by atoms with van der Waals surface area (Å²) in [4.78, 5) is 23.9. The molecule has 2 aliphatic rings. The Bertz CT molecular complexity index is 1040. The van der Waals surface area contributed by atoms with E-state index in [0.29, 0.717) is 43.5 Å². The van der Waals surface area contributed by atoms with Crippen LogP contribution in [0.3, 0.4) is 0 Å². The molecule has 1 saturated heterocycles. The highest BCUT2D eigenvalue weighted by atomic mass is 16.5. The molecular weight excluding hydrogens is 392 g/mol. The fourth-order valence-electron chi connectivity index (χ4n) is 4.62. The predicted molar refractivity (Wildman–Crippen MR) is 116 cm³/mol. The first-order chi connectivity index (χ1) is 15.3. The number of hydrogen-bond acceptors (Lipinski definition) is 6. The molecule has 0 bridgehead atoms. The number of likely N-dealkylation sites (tertiary alicyclic amines) is 1. The van der Waals surface area contributed by atoms with Crippen LogP contribution in [0.5, 0.6) is 0 Å². The zero-order valence-electron chi connectivity index (χ0n) is 17.7. The van der Waals surface area contributed by atoms with Crippen molar-refractivity contribution in [2.24, 2.45) is 5.92 Å². The number of rotatable bonds is 7. The Morgan fingerprint density at radius 1 is 1.10 bits per heavy atom. The molecule has 2 fully saturated rings. The lowest BCUT2D eigenvalue weighted by Crippen LogP contribution is -2.29. The Kier molecular flexibility index (Phi) is 5.93. The number of amides is 1. The van der Waals surface area contributed by atoms with Crippen molar-refractivity contribution in [1.82, 2.24) is 20.0 Å². The molecule has 3 aromatic rings. The van der Waals surface area contributed by atoms with E-state index in [0.717, 1.165) is 29.8 Å². The summed E-state index contributed by atoms with van der Waals surface area (Å²) in [6.45, 7) is 2.71. The number of hydrogen-bond donors (Lipinski definition) is 0. The van der Waals surface area contributed by atoms with Crippen LogP contribution in [-0.4, -0.2) is 52.2 Å². The first-order valence-corrected chi connectivity index (χ1v) is 11.3. The third-order valence-electron chi connectivity index (χ3n) is 6.42. The summed E-state index contributed by atoms with van der Waals surface area (Å²) in [5, 5.41) is 5.14. The highest BCUT2D eigenvalue weighted by Gasteiger charge is 2.32. The molecule has 1 aliphatic carbocycles. The summed E-state index contributed by atoms with van der Waals surface area (Å²) in [5.41, 5.74) is 1.31. The van der Waals surface area contributed by atoms with Gasteiger partial charge in [-0.2, -0.15) is 4.98 Å². The van der Waals surface area contributed by atoms with Crippen molar-refractivity contribution in [2.75, 3.05) is 26.3 Å². The number of nitrogens with zero attached hydrogens (tertiary/aromatic N) is 4. The van der Waals surface area contributed by atoms with Gasteiger partial charge in [0.2, 0.25) is 5.89 Å². The van der Waals surface area contributed by atoms with Gasteiger partial charge in [-0.3, -0.25) is 4.79 Å². The molecule has 1 atom stereocenters. The average molecular weight is 421 g/mol. The van der Waals surface area contributed by atoms with E-state index in [1.165, 1.54) is 25.7 Å². The van der Waals surface area contributed by atoms with E-state index < -0.39 is 0 Å². The predicted octanol–water partition coefficient (Wildman–Crippen LogP) is 4.00. The van der Waals surface area contributed by atoms with E-state index >= 15 is 0 Å². The van der Waals surface area contributed by atoms with Gasteiger partial charge in [0.25, 0.3) is 5.91 Å². The van der Waals surface area contributed by atoms with Crippen LogP contribution in [0.4, 0.5) is 0 Å². The van der Waals surface area contributed by atoms with E-state index in [1.54, 1.807) is 6.07 Å². The maximum Gasteiger partial charge on any atom is 0.272 e. The van der Waals surface area contributed by atoms with Crippen LogP contribution in [0.25, 0.3) is 10.9 Å². The van der Waals surface area contributed by atoms with Crippen LogP contribution in [0, 0.1) is 5.92 Å². The Hall–Kier alpha value is -2.80. The molecule has 0 radical (unpaired) electrons. The molecule has 1 aromatic carbocycles. The number of ether oxygens (including phenoxy) is 1.